The molecule has 7 heteroatoms. The van der Waals surface area contributed by atoms with Crippen molar-refractivity contribution in [1.29, 1.82) is 0 Å². The van der Waals surface area contributed by atoms with Crippen LogP contribution in [0.25, 0.3) is 17.3 Å². The standard InChI is InChI=1S/C26H27BrFN3O2.C3H8/c1-5-8-23(17-9-14-25(33-4)22(27)15-17)30-26(32)20(6-2)21-16-29-31(24(21)7-3)19-12-10-18(28)11-13-19;1-3-2/h6-7,9-16,23H,3,5,8H2,1-2,4H3,(H,30,32);3H2,1-2H3/b20-6+;/t23-;/m1./s1. The number of hydrogen-bond acceptors (Lipinski definition) is 3. The lowest BCUT2D eigenvalue weighted by Crippen LogP contribution is -2.29. The van der Waals surface area contributed by atoms with E-state index in [0.717, 1.165) is 28.6 Å². The van der Waals surface area contributed by atoms with Crippen molar-refractivity contribution < 1.29 is 13.9 Å². The first-order valence-corrected chi connectivity index (χ1v) is 12.9. The van der Waals surface area contributed by atoms with Crippen LogP contribution in [-0.4, -0.2) is 22.8 Å². The summed E-state index contributed by atoms with van der Waals surface area (Å²) < 4.78 is 21.1. The van der Waals surface area contributed by atoms with Crippen molar-refractivity contribution >= 4 is 33.5 Å². The van der Waals surface area contributed by atoms with E-state index >= 15 is 0 Å². The highest BCUT2D eigenvalue weighted by Crippen LogP contribution is 2.31. The van der Waals surface area contributed by atoms with Crippen molar-refractivity contribution in [3.8, 4) is 11.4 Å². The third-order valence-corrected chi connectivity index (χ3v) is 5.98. The Morgan fingerprint density at radius 3 is 2.42 bits per heavy atom. The fraction of sp³-hybridized carbons (Fsp3) is 0.310. The molecule has 1 N–H and O–H groups in total. The van der Waals surface area contributed by atoms with E-state index in [4.69, 9.17) is 4.74 Å². The predicted octanol–water partition coefficient (Wildman–Crippen LogP) is 7.90. The zero-order valence-electron chi connectivity index (χ0n) is 21.6. The third-order valence-electron chi connectivity index (χ3n) is 5.36. The highest BCUT2D eigenvalue weighted by Gasteiger charge is 2.22. The van der Waals surface area contributed by atoms with Crippen molar-refractivity contribution in [3.05, 3.63) is 88.4 Å². The summed E-state index contributed by atoms with van der Waals surface area (Å²) in [5.41, 5.74) is 3.47. The van der Waals surface area contributed by atoms with Gasteiger partial charge >= 0.3 is 0 Å². The Morgan fingerprint density at radius 2 is 1.89 bits per heavy atom. The van der Waals surface area contributed by atoms with Gasteiger partial charge in [-0.1, -0.05) is 52.3 Å². The Kier molecular flexibility index (Phi) is 11.6. The molecule has 1 aromatic heterocycles. The number of benzene rings is 2. The summed E-state index contributed by atoms with van der Waals surface area (Å²) in [6.45, 7) is 12.0. The van der Waals surface area contributed by atoms with Gasteiger partial charge in [-0.25, -0.2) is 9.07 Å². The van der Waals surface area contributed by atoms with E-state index in [2.05, 4.69) is 53.7 Å². The molecule has 0 unspecified atom stereocenters. The summed E-state index contributed by atoms with van der Waals surface area (Å²) in [5.74, 6) is 0.204. The molecule has 0 bridgehead atoms. The van der Waals surface area contributed by atoms with E-state index < -0.39 is 0 Å². The molecule has 192 valence electrons. The van der Waals surface area contributed by atoms with Gasteiger partial charge in [0.25, 0.3) is 5.91 Å². The van der Waals surface area contributed by atoms with Gasteiger partial charge in [0, 0.05) is 11.1 Å². The van der Waals surface area contributed by atoms with Crippen molar-refractivity contribution in [1.82, 2.24) is 15.1 Å². The van der Waals surface area contributed by atoms with Crippen LogP contribution in [0.3, 0.4) is 0 Å². The fourth-order valence-electron chi connectivity index (χ4n) is 3.71. The minimum Gasteiger partial charge on any atom is -0.496 e. The Bertz CT molecular complexity index is 1190. The van der Waals surface area contributed by atoms with E-state index in [-0.39, 0.29) is 17.8 Å². The number of aromatic nitrogens is 2. The second kappa shape index (κ2) is 14.4. The molecule has 0 aliphatic carbocycles. The van der Waals surface area contributed by atoms with Crippen LogP contribution >= 0.6 is 15.9 Å². The fourth-order valence-corrected chi connectivity index (χ4v) is 4.26. The molecule has 3 aromatic rings. The van der Waals surface area contributed by atoms with E-state index in [9.17, 15) is 9.18 Å². The van der Waals surface area contributed by atoms with Gasteiger partial charge in [0.05, 0.1) is 35.2 Å². The maximum atomic E-state index is 13.4. The Labute approximate surface area is 222 Å². The Morgan fingerprint density at radius 1 is 1.22 bits per heavy atom. The lowest BCUT2D eigenvalue weighted by atomic mass is 10.00. The van der Waals surface area contributed by atoms with Crippen LogP contribution in [0.1, 0.15) is 69.8 Å². The number of carbonyl (C=O) groups is 1. The van der Waals surface area contributed by atoms with Crippen molar-refractivity contribution in [2.45, 2.75) is 53.0 Å². The molecular formula is C29H35BrFN3O2. The second-order valence-corrected chi connectivity index (χ2v) is 9.01. The van der Waals surface area contributed by atoms with Gasteiger partial charge in [-0.2, -0.15) is 5.10 Å². The van der Waals surface area contributed by atoms with Crippen molar-refractivity contribution in [2.75, 3.05) is 7.11 Å². The number of rotatable bonds is 9. The largest absolute Gasteiger partial charge is 0.496 e. The highest BCUT2D eigenvalue weighted by molar-refractivity contribution is 9.10. The molecule has 5 nitrogen and oxygen atoms in total. The van der Waals surface area contributed by atoms with Gasteiger partial charge < -0.3 is 10.1 Å². The average Bonchev–Trinajstić information content (AvgIpc) is 3.28. The quantitative estimate of drug-likeness (QED) is 0.273. The topological polar surface area (TPSA) is 56.1 Å². The first kappa shape index (κ1) is 29.0. The van der Waals surface area contributed by atoms with Gasteiger partial charge in [0.1, 0.15) is 11.6 Å². The van der Waals surface area contributed by atoms with Crippen LogP contribution in [0.5, 0.6) is 5.75 Å². The average molecular weight is 557 g/mol. The molecule has 0 saturated carbocycles. The molecule has 1 amide bonds. The molecule has 2 aromatic carbocycles. The summed E-state index contributed by atoms with van der Waals surface area (Å²) in [6, 6.07) is 11.6. The minimum atomic E-state index is -0.327. The number of allylic oxidation sites excluding steroid dienone is 1. The Balaban J connectivity index is 0.00000145. The smallest absolute Gasteiger partial charge is 0.252 e. The summed E-state index contributed by atoms with van der Waals surface area (Å²) in [6.07, 6.45) is 7.98. The van der Waals surface area contributed by atoms with E-state index in [0.29, 0.717) is 22.5 Å². The van der Waals surface area contributed by atoms with Crippen molar-refractivity contribution in [2.24, 2.45) is 0 Å². The maximum absolute atomic E-state index is 13.4. The molecule has 0 aliphatic heterocycles. The third kappa shape index (κ3) is 7.17. The van der Waals surface area contributed by atoms with Crippen LogP contribution in [0, 0.1) is 5.82 Å². The maximum Gasteiger partial charge on any atom is 0.252 e. The highest BCUT2D eigenvalue weighted by atomic mass is 79.9. The van der Waals surface area contributed by atoms with Gasteiger partial charge in [0.15, 0.2) is 0 Å². The number of nitrogens with zero attached hydrogens (tertiary/aromatic N) is 2. The van der Waals surface area contributed by atoms with Crippen LogP contribution in [-0.2, 0) is 4.79 Å². The number of carbonyl (C=O) groups excluding carboxylic acids is 1. The van der Waals surface area contributed by atoms with Gasteiger partial charge in [-0.3, -0.25) is 4.79 Å². The van der Waals surface area contributed by atoms with Gasteiger partial charge in [-0.15, -0.1) is 0 Å². The molecular weight excluding hydrogens is 521 g/mol. The number of hydrogen-bond donors (Lipinski definition) is 1. The molecule has 36 heavy (non-hydrogen) atoms. The van der Waals surface area contributed by atoms with Gasteiger partial charge in [-0.05, 0) is 77.3 Å². The zero-order chi connectivity index (χ0) is 26.7. The van der Waals surface area contributed by atoms with Crippen LogP contribution in [0.4, 0.5) is 4.39 Å². The van der Waals surface area contributed by atoms with Crippen molar-refractivity contribution in [3.63, 3.8) is 0 Å². The number of ether oxygens (including phenoxy) is 1. The number of methoxy groups -OCH3 is 1. The predicted molar refractivity (Wildman–Crippen MR) is 150 cm³/mol. The SMILES string of the molecule is C=Cc1c(/C(=C\C)C(=O)N[C@H](CCC)c2ccc(OC)c(Br)c2)cnn1-c1ccc(F)cc1.CCC. The van der Waals surface area contributed by atoms with Crippen LogP contribution in [0.15, 0.2) is 65.8 Å². The first-order valence-electron chi connectivity index (χ1n) is 12.1. The number of halogens is 2. The van der Waals surface area contributed by atoms with Crippen LogP contribution < -0.4 is 10.1 Å². The summed E-state index contributed by atoms with van der Waals surface area (Å²) in [7, 11) is 1.62. The molecule has 0 radical (unpaired) electrons. The molecule has 0 fully saturated rings. The summed E-state index contributed by atoms with van der Waals surface area (Å²) >= 11 is 3.53. The Hall–Kier alpha value is -3.19. The van der Waals surface area contributed by atoms with E-state index in [1.807, 2.05) is 25.1 Å². The molecule has 0 spiro atoms. The molecule has 3 rings (SSSR count). The van der Waals surface area contributed by atoms with E-state index in [1.165, 1.54) is 18.6 Å². The minimum absolute atomic E-state index is 0.168. The lowest BCUT2D eigenvalue weighted by molar-refractivity contribution is -0.116. The monoisotopic (exact) mass is 555 g/mol. The van der Waals surface area contributed by atoms with Crippen LogP contribution in [0.2, 0.25) is 0 Å². The lowest BCUT2D eigenvalue weighted by Gasteiger charge is -2.20. The summed E-state index contributed by atoms with van der Waals surface area (Å²) in [5, 5.41) is 7.59. The molecule has 0 saturated heterocycles. The molecule has 1 heterocycles. The number of amides is 1. The number of nitrogens with one attached hydrogen (secondary N) is 1. The van der Waals surface area contributed by atoms with E-state index in [1.54, 1.807) is 42.3 Å². The molecule has 0 aliphatic rings. The normalized spacial score (nSPS) is 11.8. The second-order valence-electron chi connectivity index (χ2n) is 8.15. The molecule has 1 atom stereocenters. The van der Waals surface area contributed by atoms with Gasteiger partial charge in [0.2, 0.25) is 0 Å². The zero-order valence-corrected chi connectivity index (χ0v) is 23.2. The summed E-state index contributed by atoms with van der Waals surface area (Å²) in [4.78, 5) is 13.4. The first-order chi connectivity index (χ1) is 17.3.